The topological polar surface area (TPSA) is 49.3 Å². The predicted octanol–water partition coefficient (Wildman–Crippen LogP) is 1.95. The number of amides is 1. The van der Waals surface area contributed by atoms with Crippen LogP contribution in [0.1, 0.15) is 32.6 Å². The van der Waals surface area contributed by atoms with Crippen LogP contribution in [0.2, 0.25) is 0 Å². The van der Waals surface area contributed by atoms with Crippen LogP contribution in [0.5, 0.6) is 0 Å². The maximum atomic E-state index is 12.7. The summed E-state index contributed by atoms with van der Waals surface area (Å²) in [5.74, 6) is 1.83. The molecule has 114 valence electrons. The minimum Gasteiger partial charge on any atom is -0.342 e. The number of anilines is 1. The molecule has 0 bridgehead atoms. The molecule has 2 fully saturated rings. The first kappa shape index (κ1) is 14.3. The van der Waals surface area contributed by atoms with Gasteiger partial charge in [0, 0.05) is 38.6 Å². The molecule has 2 atom stereocenters. The van der Waals surface area contributed by atoms with Gasteiger partial charge in [-0.15, -0.1) is 0 Å². The van der Waals surface area contributed by atoms with Crippen LogP contribution in [0, 0.1) is 11.8 Å². The van der Waals surface area contributed by atoms with Crippen molar-refractivity contribution in [3.63, 3.8) is 0 Å². The van der Waals surface area contributed by atoms with Crippen molar-refractivity contribution >= 4 is 11.9 Å². The molecule has 1 saturated carbocycles. The Morgan fingerprint density at radius 1 is 1.33 bits per heavy atom. The molecule has 1 aromatic heterocycles. The molecule has 0 radical (unpaired) electrons. The highest BCUT2D eigenvalue weighted by Crippen LogP contribution is 2.35. The van der Waals surface area contributed by atoms with Gasteiger partial charge in [-0.05, 0) is 44.6 Å². The lowest BCUT2D eigenvalue weighted by Crippen LogP contribution is -2.47. The van der Waals surface area contributed by atoms with Crippen molar-refractivity contribution in [1.82, 2.24) is 14.9 Å². The van der Waals surface area contributed by atoms with Gasteiger partial charge in [0.15, 0.2) is 0 Å². The smallest absolute Gasteiger partial charge is 0.227 e. The highest BCUT2D eigenvalue weighted by atomic mass is 16.2. The molecule has 0 aromatic carbocycles. The Kier molecular flexibility index (Phi) is 4.08. The summed E-state index contributed by atoms with van der Waals surface area (Å²) in [6.45, 7) is 3.86. The first-order chi connectivity index (χ1) is 10.2. The van der Waals surface area contributed by atoms with Crippen LogP contribution in [-0.2, 0) is 4.79 Å². The van der Waals surface area contributed by atoms with Gasteiger partial charge in [0.2, 0.25) is 11.9 Å². The summed E-state index contributed by atoms with van der Waals surface area (Å²) >= 11 is 0. The molecule has 0 N–H and O–H groups in total. The molecule has 0 unspecified atom stereocenters. The van der Waals surface area contributed by atoms with Gasteiger partial charge in [0.25, 0.3) is 0 Å². The van der Waals surface area contributed by atoms with Crippen LogP contribution in [0.3, 0.4) is 0 Å². The van der Waals surface area contributed by atoms with Crippen LogP contribution in [0.25, 0.3) is 0 Å². The highest BCUT2D eigenvalue weighted by Gasteiger charge is 2.36. The first-order valence-electron chi connectivity index (χ1n) is 7.95. The summed E-state index contributed by atoms with van der Waals surface area (Å²) in [6, 6.07) is 2.20. The van der Waals surface area contributed by atoms with Crippen molar-refractivity contribution < 1.29 is 4.79 Å². The van der Waals surface area contributed by atoms with Gasteiger partial charge in [-0.1, -0.05) is 0 Å². The Morgan fingerprint density at radius 3 is 2.71 bits per heavy atom. The normalized spacial score (nSPS) is 23.7. The molecule has 2 heterocycles. The van der Waals surface area contributed by atoms with Crippen molar-refractivity contribution in [2.45, 2.75) is 38.6 Å². The standard InChI is InChI=1S/C16H24N4O/c1-12(13-6-7-13)19(2)15(21)14-5-3-10-20(11-14)16-17-8-4-9-18-16/h4,8-9,12-14H,3,5-7,10-11H2,1-2H3/t12-,14-/m1/s1. The van der Waals surface area contributed by atoms with Gasteiger partial charge in [0.05, 0.1) is 5.92 Å². The van der Waals surface area contributed by atoms with Gasteiger partial charge in [-0.3, -0.25) is 4.79 Å². The lowest BCUT2D eigenvalue weighted by Gasteiger charge is -2.35. The zero-order valence-corrected chi connectivity index (χ0v) is 12.9. The van der Waals surface area contributed by atoms with Crippen LogP contribution < -0.4 is 4.90 Å². The number of aromatic nitrogens is 2. The van der Waals surface area contributed by atoms with E-state index in [4.69, 9.17) is 0 Å². The summed E-state index contributed by atoms with van der Waals surface area (Å²) in [6.07, 6.45) is 8.06. The van der Waals surface area contributed by atoms with Crippen molar-refractivity contribution in [2.75, 3.05) is 25.0 Å². The molecule has 5 heteroatoms. The number of carbonyl (C=O) groups excluding carboxylic acids is 1. The number of hydrogen-bond acceptors (Lipinski definition) is 4. The number of nitrogens with zero attached hydrogens (tertiary/aromatic N) is 4. The predicted molar refractivity (Wildman–Crippen MR) is 81.9 cm³/mol. The van der Waals surface area contributed by atoms with Gasteiger partial charge < -0.3 is 9.80 Å². The largest absolute Gasteiger partial charge is 0.342 e. The maximum Gasteiger partial charge on any atom is 0.227 e. The molecule has 3 rings (SSSR count). The quantitative estimate of drug-likeness (QED) is 0.849. The Hall–Kier alpha value is -1.65. The second-order valence-electron chi connectivity index (χ2n) is 6.36. The molecule has 1 aromatic rings. The third-order valence-electron chi connectivity index (χ3n) is 4.87. The number of rotatable bonds is 4. The molecular formula is C16H24N4O. The molecule has 1 aliphatic heterocycles. The average Bonchev–Trinajstić information content (AvgIpc) is 3.38. The monoisotopic (exact) mass is 288 g/mol. The second kappa shape index (κ2) is 6.00. The summed E-state index contributed by atoms with van der Waals surface area (Å²) in [5, 5.41) is 0. The van der Waals surface area contributed by atoms with E-state index in [1.807, 2.05) is 18.0 Å². The number of hydrogen-bond donors (Lipinski definition) is 0. The van der Waals surface area contributed by atoms with E-state index < -0.39 is 0 Å². The SMILES string of the molecule is C[C@H](C1CC1)N(C)C(=O)[C@@H]1CCCN(c2ncccn2)C1. The van der Waals surface area contributed by atoms with Crippen LogP contribution in [0.4, 0.5) is 5.95 Å². The van der Waals surface area contributed by atoms with Crippen molar-refractivity contribution in [3.05, 3.63) is 18.5 Å². The zero-order chi connectivity index (χ0) is 14.8. The average molecular weight is 288 g/mol. The Balaban J connectivity index is 1.64. The van der Waals surface area contributed by atoms with E-state index in [1.54, 1.807) is 12.4 Å². The minimum atomic E-state index is 0.0776. The van der Waals surface area contributed by atoms with E-state index in [0.29, 0.717) is 6.04 Å². The van der Waals surface area contributed by atoms with E-state index >= 15 is 0 Å². The van der Waals surface area contributed by atoms with Crippen LogP contribution >= 0.6 is 0 Å². The molecule has 1 saturated heterocycles. The molecular weight excluding hydrogens is 264 g/mol. The fourth-order valence-corrected chi connectivity index (χ4v) is 3.20. The summed E-state index contributed by atoms with van der Waals surface area (Å²) in [4.78, 5) is 25.4. The molecule has 0 spiro atoms. The van der Waals surface area contributed by atoms with Crippen molar-refractivity contribution in [2.24, 2.45) is 11.8 Å². The van der Waals surface area contributed by atoms with Crippen molar-refractivity contribution in [1.29, 1.82) is 0 Å². The van der Waals surface area contributed by atoms with E-state index in [2.05, 4.69) is 21.8 Å². The molecule has 1 amide bonds. The summed E-state index contributed by atoms with van der Waals surface area (Å²) in [7, 11) is 1.96. The zero-order valence-electron chi connectivity index (χ0n) is 12.9. The fraction of sp³-hybridized carbons (Fsp3) is 0.688. The Labute approximate surface area is 126 Å². The first-order valence-corrected chi connectivity index (χ1v) is 7.95. The van der Waals surface area contributed by atoms with Gasteiger partial charge in [-0.25, -0.2) is 9.97 Å². The molecule has 5 nitrogen and oxygen atoms in total. The van der Waals surface area contributed by atoms with Crippen molar-refractivity contribution in [3.8, 4) is 0 Å². The van der Waals surface area contributed by atoms with E-state index in [1.165, 1.54) is 12.8 Å². The lowest BCUT2D eigenvalue weighted by atomic mass is 9.96. The Bertz CT molecular complexity index is 488. The van der Waals surface area contributed by atoms with Gasteiger partial charge in [-0.2, -0.15) is 0 Å². The molecule has 1 aliphatic carbocycles. The van der Waals surface area contributed by atoms with Crippen LogP contribution in [0.15, 0.2) is 18.5 Å². The highest BCUT2D eigenvalue weighted by molar-refractivity contribution is 5.79. The van der Waals surface area contributed by atoms with E-state index in [0.717, 1.165) is 37.8 Å². The van der Waals surface area contributed by atoms with Gasteiger partial charge >= 0.3 is 0 Å². The van der Waals surface area contributed by atoms with Gasteiger partial charge in [0.1, 0.15) is 0 Å². The third kappa shape index (κ3) is 3.17. The number of piperidine rings is 1. The van der Waals surface area contributed by atoms with E-state index in [9.17, 15) is 4.79 Å². The molecule has 21 heavy (non-hydrogen) atoms. The summed E-state index contributed by atoms with van der Waals surface area (Å²) in [5.41, 5.74) is 0. The Morgan fingerprint density at radius 2 is 2.05 bits per heavy atom. The summed E-state index contributed by atoms with van der Waals surface area (Å²) < 4.78 is 0. The maximum absolute atomic E-state index is 12.7. The third-order valence-corrected chi connectivity index (χ3v) is 4.87. The minimum absolute atomic E-state index is 0.0776. The fourth-order valence-electron chi connectivity index (χ4n) is 3.20. The molecule has 2 aliphatic rings. The lowest BCUT2D eigenvalue weighted by molar-refractivity contribution is -0.136. The van der Waals surface area contributed by atoms with Crippen LogP contribution in [-0.4, -0.2) is 47.0 Å². The van der Waals surface area contributed by atoms with E-state index in [-0.39, 0.29) is 11.8 Å². The second-order valence-corrected chi connectivity index (χ2v) is 6.36. The number of carbonyl (C=O) groups is 1.